The van der Waals surface area contributed by atoms with Gasteiger partial charge in [0.05, 0.1) is 11.0 Å². The maximum atomic E-state index is 2.45. The molecule has 8 aromatic carbocycles. The lowest BCUT2D eigenvalue weighted by molar-refractivity contribution is 1.18. The Morgan fingerprint density at radius 2 is 0.980 bits per heavy atom. The molecular weight excluding hydrogens is 645 g/mol. The van der Waals surface area contributed by atoms with Crippen LogP contribution in [0.4, 0.5) is 17.1 Å². The number of thiophene rings is 2. The van der Waals surface area contributed by atoms with Gasteiger partial charge in [0.15, 0.2) is 0 Å². The van der Waals surface area contributed by atoms with Gasteiger partial charge < -0.3 is 9.47 Å². The summed E-state index contributed by atoms with van der Waals surface area (Å²) in [6.07, 6.45) is 0. The first-order valence-corrected chi connectivity index (χ1v) is 18.6. The number of rotatable bonds is 4. The summed E-state index contributed by atoms with van der Waals surface area (Å²) in [6, 6.07) is 62.4. The number of hydrogen-bond acceptors (Lipinski definition) is 3. The maximum absolute atomic E-state index is 2.45. The molecule has 234 valence electrons. The highest BCUT2D eigenvalue weighted by Gasteiger charge is 2.20. The van der Waals surface area contributed by atoms with Crippen LogP contribution in [-0.2, 0) is 0 Å². The van der Waals surface area contributed by atoms with E-state index in [-0.39, 0.29) is 0 Å². The average Bonchev–Trinajstić information content (AvgIpc) is 3.84. The highest BCUT2D eigenvalue weighted by Crippen LogP contribution is 2.45. The third kappa shape index (κ3) is 4.13. The van der Waals surface area contributed by atoms with Gasteiger partial charge in [-0.25, -0.2) is 0 Å². The van der Waals surface area contributed by atoms with Crippen LogP contribution >= 0.6 is 22.7 Å². The third-order valence-corrected chi connectivity index (χ3v) is 12.5. The first-order chi connectivity index (χ1) is 24.8. The van der Waals surface area contributed by atoms with Gasteiger partial charge in [-0.2, -0.15) is 0 Å². The van der Waals surface area contributed by atoms with Crippen molar-refractivity contribution < 1.29 is 0 Å². The van der Waals surface area contributed by atoms with E-state index in [2.05, 4.69) is 179 Å². The normalized spacial score (nSPS) is 12.0. The molecule has 0 N–H and O–H groups in total. The molecule has 50 heavy (non-hydrogen) atoms. The zero-order chi connectivity index (χ0) is 32.8. The summed E-state index contributed by atoms with van der Waals surface area (Å²) in [6.45, 7) is 0. The van der Waals surface area contributed by atoms with Gasteiger partial charge in [0.1, 0.15) is 0 Å². The van der Waals surface area contributed by atoms with Gasteiger partial charge in [0, 0.05) is 79.3 Å². The van der Waals surface area contributed by atoms with Gasteiger partial charge in [0.2, 0.25) is 0 Å². The van der Waals surface area contributed by atoms with E-state index in [1.165, 1.54) is 72.9 Å². The van der Waals surface area contributed by atoms with E-state index in [9.17, 15) is 0 Å². The molecule has 4 heteroatoms. The van der Waals surface area contributed by atoms with Crippen molar-refractivity contribution >= 4 is 113 Å². The molecule has 11 aromatic rings. The Balaban J connectivity index is 1.20. The topological polar surface area (TPSA) is 8.17 Å². The van der Waals surface area contributed by atoms with E-state index >= 15 is 0 Å². The van der Waals surface area contributed by atoms with Crippen LogP contribution in [0.15, 0.2) is 170 Å². The minimum absolute atomic E-state index is 1.14. The average molecular weight is 673 g/mol. The van der Waals surface area contributed by atoms with Crippen molar-refractivity contribution in [1.82, 2.24) is 4.57 Å². The quantitative estimate of drug-likeness (QED) is 0.181. The van der Waals surface area contributed by atoms with Crippen molar-refractivity contribution in [3.8, 4) is 5.69 Å². The molecule has 0 bridgehead atoms. The molecule has 0 spiro atoms. The standard InChI is InChI=1S/C46H28N2S2/c1-3-11-30(12-4-1)47(33-20-23-36-34-15-7-9-17-43(34)49-45(36)27-33)32-21-24-41-39(26-32)40-28-38-29(25-42(40)48(41)31-13-5-2-6-14-31)19-22-37-35-16-8-10-18-44(35)50-46(37)38/h1-28H. The van der Waals surface area contributed by atoms with Crippen LogP contribution in [0.5, 0.6) is 0 Å². The molecule has 0 atom stereocenters. The van der Waals surface area contributed by atoms with Gasteiger partial charge in [-0.05, 0) is 84.2 Å². The molecule has 3 aromatic heterocycles. The van der Waals surface area contributed by atoms with Crippen molar-refractivity contribution in [1.29, 1.82) is 0 Å². The van der Waals surface area contributed by atoms with Crippen LogP contribution in [-0.4, -0.2) is 4.57 Å². The van der Waals surface area contributed by atoms with Gasteiger partial charge in [-0.15, -0.1) is 22.7 Å². The molecule has 0 fully saturated rings. The summed E-state index contributed by atoms with van der Waals surface area (Å²) in [4.78, 5) is 2.40. The highest BCUT2D eigenvalue weighted by molar-refractivity contribution is 7.26. The highest BCUT2D eigenvalue weighted by atomic mass is 32.1. The summed E-state index contributed by atoms with van der Waals surface area (Å²) in [5, 5.41) is 10.4. The first kappa shape index (κ1) is 28.0. The second kappa shape index (κ2) is 10.8. The van der Waals surface area contributed by atoms with Crippen molar-refractivity contribution in [2.24, 2.45) is 0 Å². The van der Waals surface area contributed by atoms with Gasteiger partial charge in [-0.1, -0.05) is 91.0 Å². The van der Waals surface area contributed by atoms with Crippen molar-refractivity contribution in [3.05, 3.63) is 170 Å². The van der Waals surface area contributed by atoms with E-state index < -0.39 is 0 Å². The fraction of sp³-hybridized carbons (Fsp3) is 0. The van der Waals surface area contributed by atoms with Crippen LogP contribution in [0, 0.1) is 0 Å². The monoisotopic (exact) mass is 672 g/mol. The largest absolute Gasteiger partial charge is 0.310 e. The number of benzene rings is 8. The Labute approximate surface area is 296 Å². The summed E-state index contributed by atoms with van der Waals surface area (Å²) in [5.41, 5.74) is 7.00. The first-order valence-electron chi connectivity index (χ1n) is 16.9. The summed E-state index contributed by atoms with van der Waals surface area (Å²) < 4.78 is 7.73. The smallest absolute Gasteiger partial charge is 0.0547 e. The molecule has 0 aliphatic heterocycles. The molecule has 0 unspecified atom stereocenters. The Morgan fingerprint density at radius 1 is 0.360 bits per heavy atom. The van der Waals surface area contributed by atoms with E-state index in [1.54, 1.807) is 0 Å². The molecular formula is C46H28N2S2. The molecule has 2 nitrogen and oxygen atoms in total. The predicted molar refractivity (Wildman–Crippen MR) is 219 cm³/mol. The van der Waals surface area contributed by atoms with Crippen LogP contribution < -0.4 is 4.90 Å². The minimum atomic E-state index is 1.14. The number of hydrogen-bond donors (Lipinski definition) is 0. The SMILES string of the molecule is c1ccc(N(c2ccc3c(c2)sc2ccccc23)c2ccc3c(c2)c2cc4c(ccc5c6ccccc6sc45)cc2n3-c2ccccc2)cc1. The number of fused-ring (bicyclic) bond motifs is 11. The third-order valence-electron chi connectivity index (χ3n) is 10.1. The zero-order valence-electron chi connectivity index (χ0n) is 26.9. The molecule has 0 aliphatic rings. The van der Waals surface area contributed by atoms with Gasteiger partial charge in [-0.3, -0.25) is 0 Å². The second-order valence-electron chi connectivity index (χ2n) is 13.0. The van der Waals surface area contributed by atoms with E-state index in [0.717, 1.165) is 22.7 Å². The van der Waals surface area contributed by atoms with Crippen molar-refractivity contribution in [2.45, 2.75) is 0 Å². The fourth-order valence-corrected chi connectivity index (χ4v) is 10.2. The Kier molecular flexibility index (Phi) is 6.03. The molecule has 0 saturated carbocycles. The lowest BCUT2D eigenvalue weighted by Gasteiger charge is -2.25. The summed E-state index contributed by atoms with van der Waals surface area (Å²) in [7, 11) is 0. The molecule has 3 heterocycles. The lowest BCUT2D eigenvalue weighted by Crippen LogP contribution is -2.09. The van der Waals surface area contributed by atoms with E-state index in [4.69, 9.17) is 0 Å². The molecule has 0 saturated heterocycles. The number of nitrogens with zero attached hydrogens (tertiary/aromatic N) is 2. The van der Waals surface area contributed by atoms with Crippen LogP contribution in [0.2, 0.25) is 0 Å². The van der Waals surface area contributed by atoms with Gasteiger partial charge >= 0.3 is 0 Å². The Hall–Kier alpha value is -5.94. The summed E-state index contributed by atoms with van der Waals surface area (Å²) >= 11 is 3.76. The molecule has 0 amide bonds. The van der Waals surface area contributed by atoms with E-state index in [1.807, 2.05) is 22.7 Å². The summed E-state index contributed by atoms with van der Waals surface area (Å²) in [5.74, 6) is 0. The van der Waals surface area contributed by atoms with E-state index in [0.29, 0.717) is 0 Å². The van der Waals surface area contributed by atoms with Crippen molar-refractivity contribution in [3.63, 3.8) is 0 Å². The lowest BCUT2D eigenvalue weighted by atomic mass is 10.0. The van der Waals surface area contributed by atoms with Crippen molar-refractivity contribution in [2.75, 3.05) is 4.90 Å². The second-order valence-corrected chi connectivity index (χ2v) is 15.1. The van der Waals surface area contributed by atoms with Crippen LogP contribution in [0.25, 0.3) is 78.6 Å². The number of anilines is 3. The van der Waals surface area contributed by atoms with Crippen LogP contribution in [0.3, 0.4) is 0 Å². The fourth-order valence-electron chi connectivity index (χ4n) is 7.88. The Bertz CT molecular complexity index is 3100. The Morgan fingerprint density at radius 3 is 1.80 bits per heavy atom. The molecule has 0 radical (unpaired) electrons. The van der Waals surface area contributed by atoms with Crippen LogP contribution in [0.1, 0.15) is 0 Å². The molecule has 11 rings (SSSR count). The number of aromatic nitrogens is 1. The van der Waals surface area contributed by atoms with Gasteiger partial charge in [0.25, 0.3) is 0 Å². The minimum Gasteiger partial charge on any atom is -0.310 e. The maximum Gasteiger partial charge on any atom is 0.0547 e. The predicted octanol–water partition coefficient (Wildman–Crippen LogP) is 14.1. The zero-order valence-corrected chi connectivity index (χ0v) is 28.5. The molecule has 0 aliphatic carbocycles. The number of para-hydroxylation sites is 2.